The summed E-state index contributed by atoms with van der Waals surface area (Å²) in [5.74, 6) is 0.849. The predicted octanol–water partition coefficient (Wildman–Crippen LogP) is 3.33. The summed E-state index contributed by atoms with van der Waals surface area (Å²) in [5, 5.41) is 11.3. The molecule has 0 aliphatic heterocycles. The van der Waals surface area contributed by atoms with Gasteiger partial charge in [0.25, 0.3) is 0 Å². The van der Waals surface area contributed by atoms with E-state index in [2.05, 4.69) is 15.5 Å². The molecule has 1 heterocycles. The monoisotopic (exact) mass is 325 g/mol. The summed E-state index contributed by atoms with van der Waals surface area (Å²) in [6.45, 7) is 0. The van der Waals surface area contributed by atoms with E-state index in [0.717, 1.165) is 27.9 Å². The second-order valence-corrected chi connectivity index (χ2v) is 6.29. The number of carbonyl (C=O) groups excluding carboxylic acids is 1. The molecule has 3 rings (SSSR count). The van der Waals surface area contributed by atoms with Crippen molar-refractivity contribution in [1.82, 2.24) is 15.5 Å². The summed E-state index contributed by atoms with van der Waals surface area (Å²) in [6.07, 6.45) is 2.35. The number of nitrogens with one attached hydrogen (secondary N) is 2. The maximum atomic E-state index is 12.4. The third kappa shape index (κ3) is 3.74. The normalized spacial score (nSPS) is 12.2. The summed E-state index contributed by atoms with van der Waals surface area (Å²) < 4.78 is 0. The van der Waals surface area contributed by atoms with E-state index in [4.69, 9.17) is 0 Å². The number of rotatable bonds is 6. The van der Waals surface area contributed by atoms with Crippen molar-refractivity contribution in [2.45, 2.75) is 12.5 Å². The second-order valence-electron chi connectivity index (χ2n) is 5.38. The highest BCUT2D eigenvalue weighted by Crippen LogP contribution is 2.19. The molecule has 0 unspecified atom stereocenters. The summed E-state index contributed by atoms with van der Waals surface area (Å²) in [7, 11) is 0. The average Bonchev–Trinajstić information content (AvgIpc) is 2.98. The van der Waals surface area contributed by atoms with Crippen LogP contribution in [0.15, 0.2) is 54.6 Å². The van der Waals surface area contributed by atoms with Crippen LogP contribution in [0.25, 0.3) is 10.9 Å². The summed E-state index contributed by atoms with van der Waals surface area (Å²) in [5.41, 5.74) is 2.87. The first-order valence-corrected chi connectivity index (χ1v) is 8.92. The number of aromatic amines is 1. The molecular formula is C18H19N3OS. The van der Waals surface area contributed by atoms with E-state index in [1.54, 1.807) is 11.8 Å². The average molecular weight is 325 g/mol. The maximum Gasteiger partial charge on any atom is 0.226 e. The molecular weight excluding hydrogens is 306 g/mol. The largest absolute Gasteiger partial charge is 0.348 e. The van der Waals surface area contributed by atoms with Gasteiger partial charge in [-0.1, -0.05) is 48.5 Å². The fraction of sp³-hybridized carbons (Fsp3) is 0.222. The first-order valence-electron chi connectivity index (χ1n) is 7.53. The Kier molecular flexibility index (Phi) is 4.98. The molecule has 0 fully saturated rings. The van der Waals surface area contributed by atoms with Gasteiger partial charge in [-0.3, -0.25) is 9.89 Å². The van der Waals surface area contributed by atoms with E-state index in [-0.39, 0.29) is 11.9 Å². The van der Waals surface area contributed by atoms with Crippen molar-refractivity contribution >= 4 is 28.6 Å². The lowest BCUT2D eigenvalue weighted by molar-refractivity contribution is -0.121. The standard InChI is InChI=1S/C18H19N3OS/c1-23-12-17(13-7-3-2-4-8-13)19-18(22)11-16-14-9-5-6-10-15(14)20-21-16/h2-10,17H,11-12H2,1H3,(H,19,22)(H,20,21)/t17-/m1/s1. The van der Waals surface area contributed by atoms with Gasteiger partial charge in [0, 0.05) is 11.1 Å². The molecule has 23 heavy (non-hydrogen) atoms. The summed E-state index contributed by atoms with van der Waals surface area (Å²) in [6, 6.07) is 17.9. The number of nitrogens with zero attached hydrogens (tertiary/aromatic N) is 1. The smallest absolute Gasteiger partial charge is 0.226 e. The molecule has 0 aliphatic carbocycles. The Morgan fingerprint density at radius 2 is 1.91 bits per heavy atom. The van der Waals surface area contributed by atoms with Crippen LogP contribution in [0.3, 0.4) is 0 Å². The van der Waals surface area contributed by atoms with Crippen LogP contribution in [0.4, 0.5) is 0 Å². The number of carbonyl (C=O) groups is 1. The minimum atomic E-state index is 0.00214. The number of benzene rings is 2. The fourth-order valence-electron chi connectivity index (χ4n) is 2.63. The van der Waals surface area contributed by atoms with E-state index in [9.17, 15) is 4.79 Å². The molecule has 0 bridgehead atoms. The van der Waals surface area contributed by atoms with Gasteiger partial charge in [-0.25, -0.2) is 0 Å². The quantitative estimate of drug-likeness (QED) is 0.731. The highest BCUT2D eigenvalue weighted by molar-refractivity contribution is 7.98. The number of aromatic nitrogens is 2. The third-order valence-corrected chi connectivity index (χ3v) is 4.41. The van der Waals surface area contributed by atoms with E-state index in [1.807, 2.05) is 60.9 Å². The van der Waals surface area contributed by atoms with Gasteiger partial charge in [0.1, 0.15) is 0 Å². The Balaban J connectivity index is 1.72. The van der Waals surface area contributed by atoms with E-state index < -0.39 is 0 Å². The van der Waals surface area contributed by atoms with Crippen LogP contribution in [0, 0.1) is 0 Å². The number of amides is 1. The zero-order chi connectivity index (χ0) is 16.1. The molecule has 1 aromatic heterocycles. The first-order chi connectivity index (χ1) is 11.3. The van der Waals surface area contributed by atoms with E-state index >= 15 is 0 Å². The van der Waals surface area contributed by atoms with Crippen molar-refractivity contribution in [2.75, 3.05) is 12.0 Å². The summed E-state index contributed by atoms with van der Waals surface area (Å²) >= 11 is 1.72. The van der Waals surface area contributed by atoms with Gasteiger partial charge in [0.15, 0.2) is 0 Å². The van der Waals surface area contributed by atoms with Gasteiger partial charge in [0.05, 0.1) is 23.7 Å². The molecule has 5 heteroatoms. The molecule has 1 amide bonds. The van der Waals surface area contributed by atoms with Crippen molar-refractivity contribution < 1.29 is 4.79 Å². The van der Waals surface area contributed by atoms with Gasteiger partial charge in [-0.05, 0) is 17.9 Å². The molecule has 1 atom stereocenters. The SMILES string of the molecule is CSC[C@@H](NC(=O)Cc1[nH]nc2ccccc12)c1ccccc1. The van der Waals surface area contributed by atoms with Crippen LogP contribution < -0.4 is 5.32 Å². The van der Waals surface area contributed by atoms with Gasteiger partial charge < -0.3 is 5.32 Å². The number of hydrogen-bond acceptors (Lipinski definition) is 3. The van der Waals surface area contributed by atoms with Crippen LogP contribution in [0.2, 0.25) is 0 Å². The lowest BCUT2D eigenvalue weighted by Crippen LogP contribution is -2.31. The topological polar surface area (TPSA) is 57.8 Å². The molecule has 4 nitrogen and oxygen atoms in total. The molecule has 0 saturated carbocycles. The van der Waals surface area contributed by atoms with Crippen molar-refractivity contribution in [3.8, 4) is 0 Å². The second kappa shape index (κ2) is 7.33. The van der Waals surface area contributed by atoms with Crippen LogP contribution in [0.1, 0.15) is 17.3 Å². The number of thioether (sulfide) groups is 1. The number of H-pyrrole nitrogens is 1. The van der Waals surface area contributed by atoms with Crippen LogP contribution in [-0.2, 0) is 11.2 Å². The molecule has 2 aromatic carbocycles. The lowest BCUT2D eigenvalue weighted by Gasteiger charge is -2.18. The zero-order valence-corrected chi connectivity index (χ0v) is 13.8. The van der Waals surface area contributed by atoms with E-state index in [1.165, 1.54) is 0 Å². The Morgan fingerprint density at radius 1 is 1.17 bits per heavy atom. The van der Waals surface area contributed by atoms with Crippen LogP contribution in [0.5, 0.6) is 0 Å². The van der Waals surface area contributed by atoms with Gasteiger partial charge >= 0.3 is 0 Å². The number of para-hydroxylation sites is 1. The highest BCUT2D eigenvalue weighted by atomic mass is 32.2. The number of hydrogen-bond donors (Lipinski definition) is 2. The van der Waals surface area contributed by atoms with Crippen molar-refractivity contribution in [1.29, 1.82) is 0 Å². The Morgan fingerprint density at radius 3 is 2.70 bits per heavy atom. The molecule has 3 aromatic rings. The van der Waals surface area contributed by atoms with Gasteiger partial charge in [0.2, 0.25) is 5.91 Å². The third-order valence-electron chi connectivity index (χ3n) is 3.75. The van der Waals surface area contributed by atoms with Gasteiger partial charge in [-0.2, -0.15) is 16.9 Å². The van der Waals surface area contributed by atoms with E-state index in [0.29, 0.717) is 6.42 Å². The first kappa shape index (κ1) is 15.6. The Bertz CT molecular complexity index is 785. The fourth-order valence-corrected chi connectivity index (χ4v) is 3.24. The molecule has 0 spiro atoms. The maximum absolute atomic E-state index is 12.4. The molecule has 0 aliphatic rings. The van der Waals surface area contributed by atoms with Gasteiger partial charge in [-0.15, -0.1) is 0 Å². The minimum Gasteiger partial charge on any atom is -0.348 e. The minimum absolute atomic E-state index is 0.00214. The Labute approximate surface area is 139 Å². The van der Waals surface area contributed by atoms with Crippen molar-refractivity contribution in [3.63, 3.8) is 0 Å². The number of fused-ring (bicyclic) bond motifs is 1. The van der Waals surface area contributed by atoms with Crippen LogP contribution >= 0.6 is 11.8 Å². The zero-order valence-electron chi connectivity index (χ0n) is 13.0. The van der Waals surface area contributed by atoms with Crippen molar-refractivity contribution in [2.24, 2.45) is 0 Å². The van der Waals surface area contributed by atoms with Crippen LogP contribution in [-0.4, -0.2) is 28.1 Å². The molecule has 0 radical (unpaired) electrons. The van der Waals surface area contributed by atoms with Crippen molar-refractivity contribution in [3.05, 3.63) is 65.9 Å². The summed E-state index contributed by atoms with van der Waals surface area (Å²) in [4.78, 5) is 12.4. The lowest BCUT2D eigenvalue weighted by atomic mass is 10.1. The Hall–Kier alpha value is -2.27. The molecule has 118 valence electrons. The molecule has 2 N–H and O–H groups in total. The highest BCUT2D eigenvalue weighted by Gasteiger charge is 2.16. The molecule has 0 saturated heterocycles. The predicted molar refractivity (Wildman–Crippen MR) is 95.5 cm³/mol.